The van der Waals surface area contributed by atoms with Gasteiger partial charge in [0.15, 0.2) is 0 Å². The van der Waals surface area contributed by atoms with Crippen molar-refractivity contribution in [1.29, 1.82) is 0 Å². The fourth-order valence-corrected chi connectivity index (χ4v) is 3.46. The molecule has 0 aromatic heterocycles. The van der Waals surface area contributed by atoms with E-state index in [-0.39, 0.29) is 0 Å². The number of quaternary nitrogens is 1. The van der Waals surface area contributed by atoms with Crippen LogP contribution in [0.4, 0.5) is 0 Å². The van der Waals surface area contributed by atoms with Gasteiger partial charge >= 0.3 is 0 Å². The Morgan fingerprint density at radius 1 is 1.22 bits per heavy atom. The van der Waals surface area contributed by atoms with Crippen molar-refractivity contribution in [2.75, 3.05) is 6.54 Å². The molecule has 2 nitrogen and oxygen atoms in total. The number of aliphatic hydroxyl groups is 1. The monoisotopic (exact) mass is 248 g/mol. The highest BCUT2D eigenvalue weighted by atomic mass is 16.3. The molecular weight excluding hydrogens is 222 g/mol. The lowest BCUT2D eigenvalue weighted by atomic mass is 9.74. The van der Waals surface area contributed by atoms with Gasteiger partial charge in [0, 0.05) is 12.3 Å². The SMILES string of the molecule is CC(C)[NH+]1C[C@@H](C)[C@@](O)(c2ccccc2)C[C@H]1C. The molecule has 1 saturated heterocycles. The quantitative estimate of drug-likeness (QED) is 0.816. The van der Waals surface area contributed by atoms with Crippen molar-refractivity contribution in [3.8, 4) is 0 Å². The molecule has 4 atom stereocenters. The first-order valence-corrected chi connectivity index (χ1v) is 7.08. The van der Waals surface area contributed by atoms with Crippen LogP contribution in [0, 0.1) is 5.92 Å². The highest BCUT2D eigenvalue weighted by molar-refractivity contribution is 5.23. The van der Waals surface area contributed by atoms with Gasteiger partial charge in [-0.1, -0.05) is 37.3 Å². The molecule has 0 radical (unpaired) electrons. The predicted octanol–water partition coefficient (Wildman–Crippen LogP) is 1.60. The Labute approximate surface area is 111 Å². The molecule has 1 aliphatic heterocycles. The highest BCUT2D eigenvalue weighted by Gasteiger charge is 2.46. The third-order valence-electron chi connectivity index (χ3n) is 4.62. The van der Waals surface area contributed by atoms with Gasteiger partial charge in [-0.15, -0.1) is 0 Å². The average Bonchev–Trinajstić information content (AvgIpc) is 2.34. The van der Waals surface area contributed by atoms with E-state index in [0.29, 0.717) is 18.0 Å². The number of hydrogen-bond acceptors (Lipinski definition) is 1. The first kappa shape index (κ1) is 13.6. The lowest BCUT2D eigenvalue weighted by molar-refractivity contribution is -0.955. The van der Waals surface area contributed by atoms with Gasteiger partial charge in [-0.25, -0.2) is 0 Å². The first-order chi connectivity index (χ1) is 8.45. The van der Waals surface area contributed by atoms with E-state index >= 15 is 0 Å². The van der Waals surface area contributed by atoms with Gasteiger partial charge in [-0.2, -0.15) is 0 Å². The van der Waals surface area contributed by atoms with E-state index in [1.807, 2.05) is 18.2 Å². The molecular formula is C16H26NO+. The molecule has 0 spiro atoms. The second-order valence-electron chi connectivity index (χ2n) is 6.23. The van der Waals surface area contributed by atoms with E-state index in [9.17, 15) is 5.11 Å². The second-order valence-corrected chi connectivity index (χ2v) is 6.23. The first-order valence-electron chi connectivity index (χ1n) is 7.08. The van der Waals surface area contributed by atoms with Crippen molar-refractivity contribution >= 4 is 0 Å². The van der Waals surface area contributed by atoms with Crippen molar-refractivity contribution in [1.82, 2.24) is 0 Å². The minimum Gasteiger partial charge on any atom is -0.384 e. The van der Waals surface area contributed by atoms with Crippen molar-refractivity contribution in [3.63, 3.8) is 0 Å². The lowest BCUT2D eigenvalue weighted by Crippen LogP contribution is -3.20. The van der Waals surface area contributed by atoms with Gasteiger partial charge in [0.25, 0.3) is 0 Å². The second kappa shape index (κ2) is 5.02. The van der Waals surface area contributed by atoms with Crippen LogP contribution in [0.1, 0.15) is 39.7 Å². The van der Waals surface area contributed by atoms with E-state index in [4.69, 9.17) is 0 Å². The summed E-state index contributed by atoms with van der Waals surface area (Å²) < 4.78 is 0. The number of rotatable bonds is 2. The molecule has 1 heterocycles. The van der Waals surface area contributed by atoms with Crippen LogP contribution in [0.2, 0.25) is 0 Å². The summed E-state index contributed by atoms with van der Waals surface area (Å²) in [5, 5.41) is 11.1. The maximum absolute atomic E-state index is 11.1. The van der Waals surface area contributed by atoms with Crippen molar-refractivity contribution < 1.29 is 10.0 Å². The summed E-state index contributed by atoms with van der Waals surface area (Å²) in [5.74, 6) is 0.300. The van der Waals surface area contributed by atoms with Crippen LogP contribution in [-0.2, 0) is 5.60 Å². The summed E-state index contributed by atoms with van der Waals surface area (Å²) in [5.41, 5.74) is 0.422. The topological polar surface area (TPSA) is 24.7 Å². The molecule has 100 valence electrons. The summed E-state index contributed by atoms with van der Waals surface area (Å²) in [4.78, 5) is 1.61. The molecule has 0 aliphatic carbocycles. The Bertz CT molecular complexity index is 389. The van der Waals surface area contributed by atoms with Crippen LogP contribution in [0.3, 0.4) is 0 Å². The summed E-state index contributed by atoms with van der Waals surface area (Å²) in [7, 11) is 0. The van der Waals surface area contributed by atoms with Gasteiger partial charge in [0.05, 0.1) is 18.6 Å². The van der Waals surface area contributed by atoms with Crippen molar-refractivity contribution in [3.05, 3.63) is 35.9 Å². The largest absolute Gasteiger partial charge is 0.384 e. The number of likely N-dealkylation sites (tertiary alicyclic amines) is 1. The smallest absolute Gasteiger partial charge is 0.103 e. The third-order valence-corrected chi connectivity index (χ3v) is 4.62. The molecule has 1 aromatic rings. The molecule has 1 aromatic carbocycles. The molecule has 0 saturated carbocycles. The zero-order valence-corrected chi connectivity index (χ0v) is 12.0. The van der Waals surface area contributed by atoms with Gasteiger partial charge in [-0.3, -0.25) is 0 Å². The summed E-state index contributed by atoms with van der Waals surface area (Å²) in [6.07, 6.45) is 0.853. The molecule has 1 unspecified atom stereocenters. The van der Waals surface area contributed by atoms with E-state index in [1.54, 1.807) is 4.90 Å². The Hall–Kier alpha value is -0.860. The van der Waals surface area contributed by atoms with Crippen LogP contribution in [0.15, 0.2) is 30.3 Å². The lowest BCUT2D eigenvalue weighted by Gasteiger charge is -2.46. The van der Waals surface area contributed by atoms with Crippen LogP contribution >= 0.6 is 0 Å². The van der Waals surface area contributed by atoms with Crippen LogP contribution < -0.4 is 4.90 Å². The molecule has 2 heteroatoms. The maximum Gasteiger partial charge on any atom is 0.103 e. The van der Waals surface area contributed by atoms with Crippen LogP contribution in [-0.4, -0.2) is 23.7 Å². The fourth-order valence-electron chi connectivity index (χ4n) is 3.46. The Morgan fingerprint density at radius 3 is 2.39 bits per heavy atom. The average molecular weight is 248 g/mol. The Kier molecular flexibility index (Phi) is 3.79. The molecule has 1 aliphatic rings. The normalized spacial score (nSPS) is 36.9. The zero-order chi connectivity index (χ0) is 13.3. The number of piperidine rings is 1. The molecule has 2 N–H and O–H groups in total. The van der Waals surface area contributed by atoms with Crippen LogP contribution in [0.25, 0.3) is 0 Å². The van der Waals surface area contributed by atoms with Crippen molar-refractivity contribution in [2.45, 2.75) is 51.8 Å². The number of benzene rings is 1. The summed E-state index contributed by atoms with van der Waals surface area (Å²) >= 11 is 0. The standard InChI is InChI=1S/C16H25NO/c1-12(2)17-11-13(3)16(18,10-14(17)4)15-8-6-5-7-9-15/h5-9,12-14,18H,10-11H2,1-4H3/p+1/t13-,14-,16-/m1/s1. The van der Waals surface area contributed by atoms with E-state index in [1.165, 1.54) is 0 Å². The van der Waals surface area contributed by atoms with E-state index in [2.05, 4.69) is 39.8 Å². The molecule has 0 amide bonds. The summed E-state index contributed by atoms with van der Waals surface area (Å²) in [6.45, 7) is 10.0. The van der Waals surface area contributed by atoms with Gasteiger partial charge < -0.3 is 10.0 Å². The van der Waals surface area contributed by atoms with Gasteiger partial charge in [0.2, 0.25) is 0 Å². The minimum absolute atomic E-state index is 0.300. The predicted molar refractivity (Wildman–Crippen MR) is 74.5 cm³/mol. The number of nitrogens with one attached hydrogen (secondary N) is 1. The molecule has 2 rings (SSSR count). The molecule has 0 bridgehead atoms. The zero-order valence-electron chi connectivity index (χ0n) is 12.0. The minimum atomic E-state index is -0.654. The van der Waals surface area contributed by atoms with Gasteiger partial charge in [-0.05, 0) is 26.3 Å². The van der Waals surface area contributed by atoms with E-state index < -0.39 is 5.60 Å². The van der Waals surface area contributed by atoms with Crippen molar-refractivity contribution in [2.24, 2.45) is 5.92 Å². The highest BCUT2D eigenvalue weighted by Crippen LogP contribution is 2.35. The molecule has 18 heavy (non-hydrogen) atoms. The number of hydrogen-bond donors (Lipinski definition) is 2. The maximum atomic E-state index is 11.1. The molecule has 1 fully saturated rings. The summed E-state index contributed by atoms with van der Waals surface area (Å²) in [6, 6.07) is 11.3. The fraction of sp³-hybridized carbons (Fsp3) is 0.625. The Balaban J connectivity index is 2.26. The third kappa shape index (κ3) is 2.32. The van der Waals surface area contributed by atoms with Crippen LogP contribution in [0.5, 0.6) is 0 Å². The van der Waals surface area contributed by atoms with E-state index in [0.717, 1.165) is 18.5 Å². The van der Waals surface area contributed by atoms with Gasteiger partial charge in [0.1, 0.15) is 5.60 Å². The Morgan fingerprint density at radius 2 is 1.83 bits per heavy atom.